The van der Waals surface area contributed by atoms with Gasteiger partial charge in [0.2, 0.25) is 5.91 Å². The zero-order valence-corrected chi connectivity index (χ0v) is 12.8. The monoisotopic (exact) mass is 341 g/mol. The van der Waals surface area contributed by atoms with Crippen molar-refractivity contribution in [2.45, 2.75) is 0 Å². The van der Waals surface area contributed by atoms with Crippen molar-refractivity contribution in [2.75, 3.05) is 5.32 Å². The Morgan fingerprint density at radius 2 is 1.86 bits per heavy atom. The lowest BCUT2D eigenvalue weighted by Gasteiger charge is -2.02. The molecule has 1 heterocycles. The average molecular weight is 342 g/mol. The second kappa shape index (κ2) is 6.76. The summed E-state index contributed by atoms with van der Waals surface area (Å²) in [4.78, 5) is 22.7. The number of hydrogen-bond donors (Lipinski definition) is 2. The minimum Gasteiger partial charge on any atom is -0.478 e. The number of carboxylic acids is 1. The van der Waals surface area contributed by atoms with Gasteiger partial charge in [0.25, 0.3) is 0 Å². The second-order valence-electron chi connectivity index (χ2n) is 3.93. The first-order valence-electron chi connectivity index (χ1n) is 5.73. The Balaban J connectivity index is 2.13. The molecule has 1 aromatic carbocycles. The van der Waals surface area contributed by atoms with Gasteiger partial charge in [-0.1, -0.05) is 29.3 Å². The molecule has 7 heteroatoms. The third-order valence-electron chi connectivity index (χ3n) is 2.53. The van der Waals surface area contributed by atoms with Crippen molar-refractivity contribution in [1.29, 1.82) is 0 Å². The number of thiophene rings is 1. The van der Waals surface area contributed by atoms with Crippen LogP contribution in [0.15, 0.2) is 35.7 Å². The topological polar surface area (TPSA) is 66.4 Å². The molecule has 0 radical (unpaired) electrons. The van der Waals surface area contributed by atoms with Crippen LogP contribution in [-0.4, -0.2) is 17.0 Å². The highest BCUT2D eigenvalue weighted by Crippen LogP contribution is 2.26. The number of anilines is 1. The predicted molar refractivity (Wildman–Crippen MR) is 85.4 cm³/mol. The van der Waals surface area contributed by atoms with Gasteiger partial charge in [0, 0.05) is 21.7 Å². The summed E-state index contributed by atoms with van der Waals surface area (Å²) in [6, 6.07) is 6.45. The molecule has 0 atom stereocenters. The molecule has 1 aromatic heterocycles. The van der Waals surface area contributed by atoms with E-state index in [1.165, 1.54) is 18.2 Å². The number of carbonyl (C=O) groups is 2. The van der Waals surface area contributed by atoms with Gasteiger partial charge in [-0.05, 0) is 29.7 Å². The number of halogens is 2. The second-order valence-corrected chi connectivity index (χ2v) is 5.66. The van der Waals surface area contributed by atoms with Crippen LogP contribution in [0, 0.1) is 0 Å². The lowest BCUT2D eigenvalue weighted by atomic mass is 10.2. The molecule has 0 saturated carbocycles. The summed E-state index contributed by atoms with van der Waals surface area (Å²) in [5.41, 5.74) is 0.582. The molecule has 4 nitrogen and oxygen atoms in total. The maximum atomic E-state index is 11.8. The van der Waals surface area contributed by atoms with E-state index in [1.54, 1.807) is 23.6 Å². The van der Waals surface area contributed by atoms with Gasteiger partial charge >= 0.3 is 5.97 Å². The number of hydrogen-bond acceptors (Lipinski definition) is 3. The van der Waals surface area contributed by atoms with E-state index in [0.717, 1.165) is 11.3 Å². The highest BCUT2D eigenvalue weighted by molar-refractivity contribution is 7.14. The molecule has 0 fully saturated rings. The number of amides is 1. The van der Waals surface area contributed by atoms with Crippen molar-refractivity contribution in [3.05, 3.63) is 56.9 Å². The Bertz CT molecular complexity index is 705. The third kappa shape index (κ3) is 3.85. The molecule has 21 heavy (non-hydrogen) atoms. The zero-order valence-electron chi connectivity index (χ0n) is 10.5. The Morgan fingerprint density at radius 3 is 2.48 bits per heavy atom. The predicted octanol–water partition coefficient (Wildman–Crippen LogP) is 4.41. The van der Waals surface area contributed by atoms with Crippen molar-refractivity contribution < 1.29 is 14.7 Å². The smallest absolute Gasteiger partial charge is 0.338 e. The van der Waals surface area contributed by atoms with E-state index in [4.69, 9.17) is 28.3 Å². The van der Waals surface area contributed by atoms with E-state index in [2.05, 4.69) is 5.32 Å². The molecule has 0 bridgehead atoms. The van der Waals surface area contributed by atoms with Crippen molar-refractivity contribution in [3.8, 4) is 0 Å². The quantitative estimate of drug-likeness (QED) is 0.809. The summed E-state index contributed by atoms with van der Waals surface area (Å²) in [5.74, 6) is -1.55. The number of nitrogens with one attached hydrogen (secondary N) is 1. The van der Waals surface area contributed by atoms with Crippen molar-refractivity contribution in [2.24, 2.45) is 0 Å². The van der Waals surface area contributed by atoms with Crippen LogP contribution in [0.5, 0.6) is 0 Å². The molecule has 0 unspecified atom stereocenters. The van der Waals surface area contributed by atoms with Crippen molar-refractivity contribution in [1.82, 2.24) is 0 Å². The normalized spacial score (nSPS) is 10.8. The lowest BCUT2D eigenvalue weighted by Crippen LogP contribution is -2.09. The first-order chi connectivity index (χ1) is 9.99. The Hall–Kier alpha value is -1.82. The van der Waals surface area contributed by atoms with Crippen LogP contribution in [0.3, 0.4) is 0 Å². The molecule has 2 N–H and O–H groups in total. The number of rotatable bonds is 4. The van der Waals surface area contributed by atoms with Crippen molar-refractivity contribution in [3.63, 3.8) is 0 Å². The molecule has 2 aromatic rings. The van der Waals surface area contributed by atoms with Gasteiger partial charge in [-0.3, -0.25) is 4.79 Å². The maximum Gasteiger partial charge on any atom is 0.338 e. The van der Waals surface area contributed by atoms with E-state index in [9.17, 15) is 9.59 Å². The van der Waals surface area contributed by atoms with Crippen LogP contribution in [0.4, 0.5) is 5.00 Å². The minimum absolute atomic E-state index is 0.0533. The summed E-state index contributed by atoms with van der Waals surface area (Å²) >= 11 is 13.1. The van der Waals surface area contributed by atoms with E-state index >= 15 is 0 Å². The molecular weight excluding hydrogens is 333 g/mol. The summed E-state index contributed by atoms with van der Waals surface area (Å²) in [7, 11) is 0. The SMILES string of the molecule is O=C(/C=C/c1c(Cl)cccc1Cl)Nc1sccc1C(=O)O. The molecule has 0 aliphatic rings. The molecule has 0 aliphatic carbocycles. The summed E-state index contributed by atoms with van der Waals surface area (Å²) in [6.45, 7) is 0. The van der Waals surface area contributed by atoms with Crippen LogP contribution >= 0.6 is 34.5 Å². The highest BCUT2D eigenvalue weighted by atomic mass is 35.5. The Kier molecular flexibility index (Phi) is 5.01. The van der Waals surface area contributed by atoms with Crippen LogP contribution in [-0.2, 0) is 4.79 Å². The first-order valence-corrected chi connectivity index (χ1v) is 7.36. The molecular formula is C14H9Cl2NO3S. The van der Waals surface area contributed by atoms with Gasteiger partial charge in [-0.2, -0.15) is 0 Å². The molecule has 0 spiro atoms. The van der Waals surface area contributed by atoms with Gasteiger partial charge in [0.05, 0.1) is 5.56 Å². The number of carboxylic acid groups (broad SMARTS) is 1. The lowest BCUT2D eigenvalue weighted by molar-refractivity contribution is -0.111. The molecule has 0 aliphatic heterocycles. The van der Waals surface area contributed by atoms with E-state index in [-0.39, 0.29) is 10.6 Å². The van der Waals surface area contributed by atoms with Crippen LogP contribution in [0.25, 0.3) is 6.08 Å². The largest absolute Gasteiger partial charge is 0.478 e. The Morgan fingerprint density at radius 1 is 1.19 bits per heavy atom. The van der Waals surface area contributed by atoms with Crippen molar-refractivity contribution >= 4 is 57.5 Å². The fraction of sp³-hybridized carbons (Fsp3) is 0. The molecule has 2 rings (SSSR count). The maximum absolute atomic E-state index is 11.8. The van der Waals surface area contributed by atoms with Gasteiger partial charge in [0.15, 0.2) is 0 Å². The fourth-order valence-corrected chi connectivity index (χ4v) is 2.86. The summed E-state index contributed by atoms with van der Waals surface area (Å²) in [5, 5.41) is 14.2. The van der Waals surface area contributed by atoms with E-state index in [0.29, 0.717) is 15.6 Å². The molecule has 108 valence electrons. The zero-order chi connectivity index (χ0) is 15.4. The van der Waals surface area contributed by atoms with Crippen LogP contribution in [0.2, 0.25) is 10.0 Å². The van der Waals surface area contributed by atoms with Gasteiger partial charge < -0.3 is 10.4 Å². The number of carbonyl (C=O) groups excluding carboxylic acids is 1. The standard InChI is InChI=1S/C14H9Cl2NO3S/c15-10-2-1-3-11(16)8(10)4-5-12(18)17-13-9(14(19)20)6-7-21-13/h1-7H,(H,17,18)(H,19,20)/b5-4+. The minimum atomic E-state index is -1.09. The number of aromatic carboxylic acids is 1. The van der Waals surface area contributed by atoms with E-state index < -0.39 is 11.9 Å². The molecule has 0 saturated heterocycles. The third-order valence-corrected chi connectivity index (χ3v) is 4.02. The highest BCUT2D eigenvalue weighted by Gasteiger charge is 2.12. The summed E-state index contributed by atoms with van der Waals surface area (Å²) < 4.78 is 0. The Labute approximate surface area is 134 Å². The van der Waals surface area contributed by atoms with Crippen LogP contribution < -0.4 is 5.32 Å². The van der Waals surface area contributed by atoms with E-state index in [1.807, 2.05) is 0 Å². The average Bonchev–Trinajstić information content (AvgIpc) is 2.86. The van der Waals surface area contributed by atoms with Gasteiger partial charge in [0.1, 0.15) is 5.00 Å². The van der Waals surface area contributed by atoms with Gasteiger partial charge in [-0.25, -0.2) is 4.79 Å². The van der Waals surface area contributed by atoms with Gasteiger partial charge in [-0.15, -0.1) is 11.3 Å². The number of benzene rings is 1. The first kappa shape index (κ1) is 15.6. The fourth-order valence-electron chi connectivity index (χ4n) is 1.56. The molecule has 1 amide bonds. The summed E-state index contributed by atoms with van der Waals surface area (Å²) in [6.07, 6.45) is 2.73. The van der Waals surface area contributed by atoms with Crippen LogP contribution in [0.1, 0.15) is 15.9 Å².